The Hall–Kier alpha value is -4.71. The number of carbonyl (C=O) groups excluding carboxylic acids is 3. The number of imide groups is 1. The Morgan fingerprint density at radius 3 is 2.29 bits per heavy atom. The summed E-state index contributed by atoms with van der Waals surface area (Å²) in [6.45, 7) is 1.70. The van der Waals surface area contributed by atoms with Crippen LogP contribution in [0.25, 0.3) is 43.6 Å². The van der Waals surface area contributed by atoms with Crippen molar-refractivity contribution in [3.8, 4) is 0 Å². The van der Waals surface area contributed by atoms with Gasteiger partial charge in [0.05, 0.1) is 28.7 Å². The summed E-state index contributed by atoms with van der Waals surface area (Å²) in [5, 5.41) is 3.36. The van der Waals surface area contributed by atoms with E-state index in [1.165, 1.54) is 4.90 Å². The molecule has 0 bridgehead atoms. The van der Waals surface area contributed by atoms with Gasteiger partial charge in [0.2, 0.25) is 5.91 Å². The quantitative estimate of drug-likeness (QED) is 0.313. The van der Waals surface area contributed by atoms with Crippen LogP contribution in [0.4, 0.5) is 0 Å². The molecule has 2 aromatic heterocycles. The summed E-state index contributed by atoms with van der Waals surface area (Å²) in [6, 6.07) is 24.4. The predicted octanol–water partition coefficient (Wildman–Crippen LogP) is 5.89. The van der Waals surface area contributed by atoms with Crippen LogP contribution in [0.15, 0.2) is 78.9 Å². The monoisotopic (exact) mass is 457 g/mol. The molecule has 168 valence electrons. The largest absolute Gasteiger partial charge is 0.353 e. The summed E-state index contributed by atoms with van der Waals surface area (Å²) in [6.07, 6.45) is 0. The average molecular weight is 457 g/mol. The second-order valence-electron chi connectivity index (χ2n) is 8.93. The van der Waals surface area contributed by atoms with Gasteiger partial charge in [-0.25, -0.2) is 0 Å². The van der Waals surface area contributed by atoms with E-state index in [9.17, 15) is 14.4 Å². The van der Waals surface area contributed by atoms with E-state index < -0.39 is 0 Å². The molecule has 1 N–H and O–H groups in total. The molecule has 6 aromatic rings. The van der Waals surface area contributed by atoms with E-state index in [1.807, 2.05) is 54.6 Å². The topological polar surface area (TPSA) is 75.2 Å². The molecule has 6 heteroatoms. The SMILES string of the molecule is CC(=O)n1c2ccccc2c2c3c(c4c5ccccc5[nH]c4c21)C(=O)N(C(=O)c1ccccc1)C3. The van der Waals surface area contributed by atoms with Gasteiger partial charge in [-0.1, -0.05) is 54.6 Å². The minimum atomic E-state index is -0.330. The van der Waals surface area contributed by atoms with E-state index in [-0.39, 0.29) is 24.3 Å². The summed E-state index contributed by atoms with van der Waals surface area (Å²) >= 11 is 0. The summed E-state index contributed by atoms with van der Waals surface area (Å²) < 4.78 is 1.72. The normalized spacial score (nSPS) is 13.4. The van der Waals surface area contributed by atoms with Crippen LogP contribution in [0.5, 0.6) is 0 Å². The molecule has 4 aromatic carbocycles. The van der Waals surface area contributed by atoms with Crippen LogP contribution < -0.4 is 0 Å². The number of H-pyrrole nitrogens is 1. The molecule has 3 heterocycles. The predicted molar refractivity (Wildman–Crippen MR) is 136 cm³/mol. The van der Waals surface area contributed by atoms with Crippen LogP contribution in [-0.4, -0.2) is 32.2 Å². The smallest absolute Gasteiger partial charge is 0.262 e. The van der Waals surface area contributed by atoms with E-state index in [2.05, 4.69) is 4.98 Å². The van der Waals surface area contributed by atoms with Gasteiger partial charge in [0.1, 0.15) is 0 Å². The van der Waals surface area contributed by atoms with Gasteiger partial charge in [-0.3, -0.25) is 23.9 Å². The first-order chi connectivity index (χ1) is 17.1. The third-order valence-electron chi connectivity index (χ3n) is 7.03. The van der Waals surface area contributed by atoms with Crippen molar-refractivity contribution >= 4 is 61.3 Å². The highest BCUT2D eigenvalue weighted by molar-refractivity contribution is 6.33. The van der Waals surface area contributed by atoms with E-state index >= 15 is 0 Å². The second-order valence-corrected chi connectivity index (χ2v) is 8.93. The Morgan fingerprint density at radius 1 is 0.829 bits per heavy atom. The first-order valence-corrected chi connectivity index (χ1v) is 11.5. The van der Waals surface area contributed by atoms with Crippen LogP contribution in [0.2, 0.25) is 0 Å². The number of aromatic amines is 1. The molecule has 0 atom stereocenters. The first-order valence-electron chi connectivity index (χ1n) is 11.5. The van der Waals surface area contributed by atoms with Crippen molar-refractivity contribution in [1.29, 1.82) is 0 Å². The van der Waals surface area contributed by atoms with Crippen molar-refractivity contribution < 1.29 is 14.4 Å². The van der Waals surface area contributed by atoms with E-state index in [0.29, 0.717) is 11.1 Å². The van der Waals surface area contributed by atoms with Crippen molar-refractivity contribution in [2.45, 2.75) is 13.5 Å². The van der Waals surface area contributed by atoms with Gasteiger partial charge in [-0.2, -0.15) is 0 Å². The number of nitrogens with one attached hydrogen (secondary N) is 1. The molecular weight excluding hydrogens is 438 g/mol. The number of aromatic nitrogens is 2. The molecule has 0 unspecified atom stereocenters. The maximum atomic E-state index is 13.9. The summed E-state index contributed by atoms with van der Waals surface area (Å²) in [7, 11) is 0. The average Bonchev–Trinajstić information content (AvgIpc) is 3.53. The number of para-hydroxylation sites is 2. The van der Waals surface area contributed by atoms with Crippen LogP contribution in [-0.2, 0) is 6.54 Å². The fourth-order valence-electron chi connectivity index (χ4n) is 5.62. The number of hydrogen-bond donors (Lipinski definition) is 1. The van der Waals surface area contributed by atoms with E-state index in [0.717, 1.165) is 49.2 Å². The number of hydrogen-bond acceptors (Lipinski definition) is 3. The molecule has 0 aliphatic carbocycles. The van der Waals surface area contributed by atoms with Crippen LogP contribution in [0, 0.1) is 0 Å². The Morgan fingerprint density at radius 2 is 1.51 bits per heavy atom. The zero-order valence-electron chi connectivity index (χ0n) is 18.8. The number of carbonyl (C=O) groups is 3. The summed E-state index contributed by atoms with van der Waals surface area (Å²) in [5.74, 6) is -0.758. The number of benzene rings is 4. The van der Waals surface area contributed by atoms with Crippen molar-refractivity contribution in [2.24, 2.45) is 0 Å². The molecule has 0 saturated carbocycles. The van der Waals surface area contributed by atoms with Gasteiger partial charge in [0, 0.05) is 39.5 Å². The molecule has 6 nitrogen and oxygen atoms in total. The molecule has 0 fully saturated rings. The third kappa shape index (κ3) is 2.51. The van der Waals surface area contributed by atoms with Crippen LogP contribution in [0.3, 0.4) is 0 Å². The highest BCUT2D eigenvalue weighted by Gasteiger charge is 2.38. The van der Waals surface area contributed by atoms with Crippen LogP contribution in [0.1, 0.15) is 38.0 Å². The molecule has 0 spiro atoms. The van der Waals surface area contributed by atoms with Gasteiger partial charge in [-0.05, 0) is 29.8 Å². The van der Waals surface area contributed by atoms with Gasteiger partial charge in [-0.15, -0.1) is 0 Å². The zero-order valence-corrected chi connectivity index (χ0v) is 18.8. The molecule has 2 amide bonds. The van der Waals surface area contributed by atoms with E-state index in [4.69, 9.17) is 0 Å². The maximum Gasteiger partial charge on any atom is 0.262 e. The van der Waals surface area contributed by atoms with Gasteiger partial charge < -0.3 is 4.98 Å². The fourth-order valence-corrected chi connectivity index (χ4v) is 5.62. The Labute approximate surface area is 199 Å². The first kappa shape index (κ1) is 19.7. The number of rotatable bonds is 1. The fraction of sp³-hybridized carbons (Fsp3) is 0.0690. The Kier molecular flexibility index (Phi) is 3.89. The lowest BCUT2D eigenvalue weighted by molar-refractivity contribution is 0.0631. The third-order valence-corrected chi connectivity index (χ3v) is 7.03. The van der Waals surface area contributed by atoms with E-state index in [1.54, 1.807) is 35.8 Å². The van der Waals surface area contributed by atoms with Gasteiger partial charge >= 0.3 is 0 Å². The van der Waals surface area contributed by atoms with Gasteiger partial charge in [0.25, 0.3) is 11.8 Å². The lowest BCUT2D eigenvalue weighted by Crippen LogP contribution is -2.31. The van der Waals surface area contributed by atoms with Crippen molar-refractivity contribution in [3.63, 3.8) is 0 Å². The molecular formula is C29H19N3O3. The number of nitrogens with zero attached hydrogens (tertiary/aromatic N) is 2. The zero-order chi connectivity index (χ0) is 23.8. The molecule has 35 heavy (non-hydrogen) atoms. The minimum absolute atomic E-state index is 0.113. The molecule has 0 radical (unpaired) electrons. The molecule has 0 saturated heterocycles. The number of fused-ring (bicyclic) bond motifs is 10. The highest BCUT2D eigenvalue weighted by atomic mass is 16.2. The van der Waals surface area contributed by atoms with Crippen molar-refractivity contribution in [3.05, 3.63) is 95.6 Å². The maximum absolute atomic E-state index is 13.9. The van der Waals surface area contributed by atoms with Gasteiger partial charge in [0.15, 0.2) is 0 Å². The Balaban J connectivity index is 1.66. The summed E-state index contributed by atoms with van der Waals surface area (Å²) in [5.41, 5.74) is 4.90. The lowest BCUT2D eigenvalue weighted by atomic mass is 9.97. The van der Waals surface area contributed by atoms with Crippen molar-refractivity contribution in [2.75, 3.05) is 0 Å². The molecule has 1 aliphatic heterocycles. The molecule has 7 rings (SSSR count). The number of amides is 2. The Bertz CT molecular complexity index is 1890. The molecule has 1 aliphatic rings. The van der Waals surface area contributed by atoms with Crippen LogP contribution >= 0.6 is 0 Å². The standard InChI is InChI=1S/C29H19N3O3/c1-16(33)32-22-14-8-6-12-19(22)23-20-15-31(28(34)17-9-3-2-4-10-17)29(35)25(20)24-18-11-5-7-13-21(18)30-26(24)27(23)32/h2-14,30H,15H2,1H3. The minimum Gasteiger partial charge on any atom is -0.353 e. The summed E-state index contributed by atoms with van der Waals surface area (Å²) in [4.78, 5) is 45.0. The second kappa shape index (κ2) is 6.90. The van der Waals surface area contributed by atoms with Crippen molar-refractivity contribution in [1.82, 2.24) is 14.5 Å². The highest BCUT2D eigenvalue weighted by Crippen LogP contribution is 2.45. The lowest BCUT2D eigenvalue weighted by Gasteiger charge is -2.13.